The molecule has 174 valence electrons. The van der Waals surface area contributed by atoms with Crippen molar-refractivity contribution in [1.82, 2.24) is 14.4 Å². The minimum Gasteiger partial charge on any atom is -0.338 e. The van der Waals surface area contributed by atoms with Crippen LogP contribution in [0, 0.1) is 0 Å². The SMILES string of the molecule is C[C@H]1CCCCN1C(=O)Cn1cc(/C=C2\SC(=O)N(Cc3ccccc3)C2=O)c2ccccc21. The van der Waals surface area contributed by atoms with Crippen LogP contribution in [0.25, 0.3) is 17.0 Å². The third-order valence-corrected chi connectivity index (χ3v) is 7.50. The molecule has 34 heavy (non-hydrogen) atoms. The number of para-hydroxylation sites is 1. The summed E-state index contributed by atoms with van der Waals surface area (Å²) in [6.07, 6.45) is 6.96. The molecule has 1 atom stereocenters. The van der Waals surface area contributed by atoms with E-state index in [1.807, 2.05) is 70.3 Å². The van der Waals surface area contributed by atoms with Crippen molar-refractivity contribution in [1.29, 1.82) is 0 Å². The Morgan fingerprint density at radius 3 is 2.62 bits per heavy atom. The topological polar surface area (TPSA) is 62.6 Å². The fraction of sp³-hybridized carbons (Fsp3) is 0.296. The standard InChI is InChI=1S/C27H27N3O3S/c1-19-9-7-8-14-29(19)25(31)18-28-17-21(22-12-5-6-13-23(22)28)15-24-26(32)30(27(33)34-24)16-20-10-3-2-4-11-20/h2-6,10-13,15,17,19H,7-9,14,16,18H2,1H3/b24-15-/t19-/m0/s1. The molecule has 5 rings (SSSR count). The Bertz CT molecular complexity index is 1280. The zero-order valence-electron chi connectivity index (χ0n) is 19.1. The summed E-state index contributed by atoms with van der Waals surface area (Å²) in [7, 11) is 0. The van der Waals surface area contributed by atoms with Crippen molar-refractivity contribution < 1.29 is 14.4 Å². The number of aromatic nitrogens is 1. The van der Waals surface area contributed by atoms with Gasteiger partial charge in [0.1, 0.15) is 6.54 Å². The Kier molecular flexibility index (Phi) is 6.28. The maximum atomic E-state index is 13.1. The molecule has 3 heterocycles. The van der Waals surface area contributed by atoms with Crippen LogP contribution in [0.5, 0.6) is 0 Å². The number of rotatable bonds is 5. The lowest BCUT2D eigenvalue weighted by molar-refractivity contribution is -0.135. The van der Waals surface area contributed by atoms with Gasteiger partial charge >= 0.3 is 0 Å². The number of imide groups is 1. The third-order valence-electron chi connectivity index (χ3n) is 6.59. The molecule has 0 saturated carbocycles. The van der Waals surface area contributed by atoms with E-state index >= 15 is 0 Å². The molecule has 2 saturated heterocycles. The van der Waals surface area contributed by atoms with Crippen molar-refractivity contribution in [3.63, 3.8) is 0 Å². The second-order valence-electron chi connectivity index (χ2n) is 8.91. The second kappa shape index (κ2) is 9.50. The molecule has 2 aliphatic rings. The van der Waals surface area contributed by atoms with Crippen molar-refractivity contribution in [2.24, 2.45) is 0 Å². The van der Waals surface area contributed by atoms with Crippen LogP contribution in [0.3, 0.4) is 0 Å². The molecule has 2 aliphatic heterocycles. The molecule has 2 fully saturated rings. The molecular weight excluding hydrogens is 446 g/mol. The number of nitrogens with zero attached hydrogens (tertiary/aromatic N) is 3. The monoisotopic (exact) mass is 473 g/mol. The van der Waals surface area contributed by atoms with Crippen molar-refractivity contribution in [3.8, 4) is 0 Å². The normalized spacial score (nSPS) is 20.0. The molecule has 1 aromatic heterocycles. The van der Waals surface area contributed by atoms with E-state index in [9.17, 15) is 14.4 Å². The van der Waals surface area contributed by atoms with Gasteiger partial charge in [-0.2, -0.15) is 0 Å². The number of carbonyl (C=O) groups is 3. The molecule has 2 aromatic carbocycles. The van der Waals surface area contributed by atoms with Gasteiger partial charge in [-0.3, -0.25) is 19.3 Å². The summed E-state index contributed by atoms with van der Waals surface area (Å²) in [5.74, 6) is -0.170. The molecule has 6 nitrogen and oxygen atoms in total. The molecule has 3 aromatic rings. The first-order valence-corrected chi connectivity index (χ1v) is 12.5. The second-order valence-corrected chi connectivity index (χ2v) is 9.91. The molecule has 0 unspecified atom stereocenters. The minimum absolute atomic E-state index is 0.114. The van der Waals surface area contributed by atoms with Crippen LogP contribution in [0.15, 0.2) is 65.7 Å². The summed E-state index contributed by atoms with van der Waals surface area (Å²) < 4.78 is 1.96. The smallest absolute Gasteiger partial charge is 0.293 e. The van der Waals surface area contributed by atoms with E-state index in [-0.39, 0.29) is 36.2 Å². The fourth-order valence-corrected chi connectivity index (χ4v) is 5.60. The largest absolute Gasteiger partial charge is 0.338 e. The van der Waals surface area contributed by atoms with Crippen LogP contribution in [-0.4, -0.2) is 44.0 Å². The van der Waals surface area contributed by atoms with Gasteiger partial charge in [0, 0.05) is 35.2 Å². The van der Waals surface area contributed by atoms with Gasteiger partial charge in [-0.05, 0) is 55.7 Å². The first-order valence-electron chi connectivity index (χ1n) is 11.7. The maximum Gasteiger partial charge on any atom is 0.293 e. The molecular formula is C27H27N3O3S. The van der Waals surface area contributed by atoms with Gasteiger partial charge < -0.3 is 9.47 Å². The number of carbonyl (C=O) groups excluding carboxylic acids is 3. The number of benzene rings is 2. The number of hydrogen-bond acceptors (Lipinski definition) is 4. The van der Waals surface area contributed by atoms with Crippen LogP contribution < -0.4 is 0 Å². The Morgan fingerprint density at radius 1 is 1.06 bits per heavy atom. The van der Waals surface area contributed by atoms with E-state index in [1.165, 1.54) is 11.3 Å². The maximum absolute atomic E-state index is 13.1. The Hall–Kier alpha value is -3.32. The summed E-state index contributed by atoms with van der Waals surface area (Å²) in [6, 6.07) is 17.6. The van der Waals surface area contributed by atoms with Crippen molar-refractivity contribution >= 4 is 45.8 Å². The quantitative estimate of drug-likeness (QED) is 0.473. The lowest BCUT2D eigenvalue weighted by atomic mass is 10.0. The van der Waals surface area contributed by atoms with E-state index in [2.05, 4.69) is 6.92 Å². The number of thioether (sulfide) groups is 1. The van der Waals surface area contributed by atoms with Gasteiger partial charge in [-0.1, -0.05) is 48.5 Å². The summed E-state index contributed by atoms with van der Waals surface area (Å²) in [5.41, 5.74) is 2.68. The van der Waals surface area contributed by atoms with Crippen LogP contribution in [0.4, 0.5) is 4.79 Å². The van der Waals surface area contributed by atoms with Crippen molar-refractivity contribution in [2.75, 3.05) is 6.54 Å². The summed E-state index contributed by atoms with van der Waals surface area (Å²) in [4.78, 5) is 42.4. The molecule has 0 bridgehead atoms. The van der Waals surface area contributed by atoms with Gasteiger partial charge in [0.05, 0.1) is 11.4 Å². The van der Waals surface area contributed by atoms with Crippen molar-refractivity contribution in [3.05, 3.63) is 76.8 Å². The van der Waals surface area contributed by atoms with Crippen molar-refractivity contribution in [2.45, 2.75) is 45.3 Å². The number of likely N-dealkylation sites (tertiary alicyclic amines) is 1. The van der Waals surface area contributed by atoms with Gasteiger partial charge in [0.2, 0.25) is 5.91 Å². The zero-order chi connectivity index (χ0) is 23.7. The van der Waals surface area contributed by atoms with Crippen LogP contribution in [0.1, 0.15) is 37.3 Å². The third kappa shape index (κ3) is 4.40. The molecule has 0 spiro atoms. The van der Waals surface area contributed by atoms with Gasteiger partial charge in [0.15, 0.2) is 0 Å². The van der Waals surface area contributed by atoms with Crippen LogP contribution >= 0.6 is 11.8 Å². The fourth-order valence-electron chi connectivity index (χ4n) is 4.77. The predicted molar refractivity (Wildman–Crippen MR) is 135 cm³/mol. The minimum atomic E-state index is -0.283. The average Bonchev–Trinajstić information content (AvgIpc) is 3.32. The lowest BCUT2D eigenvalue weighted by Crippen LogP contribution is -2.43. The lowest BCUT2D eigenvalue weighted by Gasteiger charge is -2.33. The Balaban J connectivity index is 1.41. The molecule has 0 radical (unpaired) electrons. The van der Waals surface area contributed by atoms with E-state index in [1.54, 1.807) is 6.08 Å². The highest BCUT2D eigenvalue weighted by Gasteiger charge is 2.35. The molecule has 7 heteroatoms. The average molecular weight is 474 g/mol. The van der Waals surface area contributed by atoms with E-state index in [4.69, 9.17) is 0 Å². The summed E-state index contributed by atoms with van der Waals surface area (Å²) in [6.45, 7) is 3.43. The van der Waals surface area contributed by atoms with E-state index in [0.717, 1.165) is 53.2 Å². The highest BCUT2D eigenvalue weighted by atomic mass is 32.2. The Morgan fingerprint density at radius 2 is 1.82 bits per heavy atom. The number of piperidine rings is 1. The molecule has 3 amide bonds. The molecule has 0 N–H and O–H groups in total. The molecule has 0 aliphatic carbocycles. The number of amides is 3. The first kappa shape index (κ1) is 22.5. The first-order chi connectivity index (χ1) is 16.5. The summed E-state index contributed by atoms with van der Waals surface area (Å²) >= 11 is 0.965. The number of hydrogen-bond donors (Lipinski definition) is 0. The van der Waals surface area contributed by atoms with Crippen LogP contribution in [0.2, 0.25) is 0 Å². The predicted octanol–water partition coefficient (Wildman–Crippen LogP) is 5.28. The highest BCUT2D eigenvalue weighted by Crippen LogP contribution is 2.35. The Labute approximate surface area is 203 Å². The van der Waals surface area contributed by atoms with E-state index in [0.29, 0.717) is 4.91 Å². The van der Waals surface area contributed by atoms with Gasteiger partial charge in [0.25, 0.3) is 11.1 Å². The zero-order valence-corrected chi connectivity index (χ0v) is 20.0. The van der Waals surface area contributed by atoms with Crippen LogP contribution in [-0.2, 0) is 22.7 Å². The number of fused-ring (bicyclic) bond motifs is 1. The van der Waals surface area contributed by atoms with Gasteiger partial charge in [-0.15, -0.1) is 0 Å². The summed E-state index contributed by atoms with van der Waals surface area (Å²) in [5, 5.41) is 0.690. The van der Waals surface area contributed by atoms with Gasteiger partial charge in [-0.25, -0.2) is 0 Å². The van der Waals surface area contributed by atoms with E-state index < -0.39 is 0 Å². The highest BCUT2D eigenvalue weighted by molar-refractivity contribution is 8.18.